The first-order valence-corrected chi connectivity index (χ1v) is 5.81. The van der Waals surface area contributed by atoms with Crippen molar-refractivity contribution in [2.45, 2.75) is 27.2 Å². The number of carbonyl (C=O) groups excluding carboxylic acids is 1. The van der Waals surface area contributed by atoms with E-state index in [-0.39, 0.29) is 5.97 Å². The van der Waals surface area contributed by atoms with Gasteiger partial charge in [-0.25, -0.2) is 0 Å². The molecule has 17 heavy (non-hydrogen) atoms. The van der Waals surface area contributed by atoms with Crippen molar-refractivity contribution < 1.29 is 9.53 Å². The first-order valence-electron chi connectivity index (χ1n) is 5.81. The third kappa shape index (κ3) is 3.74. The molecule has 1 aromatic carbocycles. The summed E-state index contributed by atoms with van der Waals surface area (Å²) in [6, 6.07) is 9.99. The summed E-state index contributed by atoms with van der Waals surface area (Å²) in [5.41, 5.74) is 1.40. The number of carbonyl (C=O) groups is 1. The molecule has 1 rings (SSSR count). The van der Waals surface area contributed by atoms with E-state index in [1.807, 2.05) is 51.1 Å². The van der Waals surface area contributed by atoms with Crippen LogP contribution in [0.15, 0.2) is 42.5 Å². The molecule has 0 fully saturated rings. The Bertz CT molecular complexity index is 391. The van der Waals surface area contributed by atoms with E-state index in [0.717, 1.165) is 12.0 Å². The minimum atomic E-state index is -0.601. The topological polar surface area (TPSA) is 26.3 Å². The average Bonchev–Trinajstić information content (AvgIpc) is 2.30. The maximum atomic E-state index is 11.8. The lowest BCUT2D eigenvalue weighted by molar-refractivity contribution is -0.151. The molecule has 0 radical (unpaired) electrons. The van der Waals surface area contributed by atoms with Gasteiger partial charge in [0.25, 0.3) is 0 Å². The predicted molar refractivity (Wildman–Crippen MR) is 69.7 cm³/mol. The van der Waals surface area contributed by atoms with Crippen LogP contribution in [0.25, 0.3) is 0 Å². The van der Waals surface area contributed by atoms with Gasteiger partial charge in [0.1, 0.15) is 0 Å². The van der Waals surface area contributed by atoms with E-state index in [2.05, 4.69) is 6.58 Å². The van der Waals surface area contributed by atoms with Gasteiger partial charge in [0, 0.05) is 6.42 Å². The number of hydrogen-bond acceptors (Lipinski definition) is 2. The second kappa shape index (κ2) is 5.67. The van der Waals surface area contributed by atoms with Crippen molar-refractivity contribution in [2.24, 2.45) is 5.41 Å². The Hall–Kier alpha value is -1.57. The summed E-state index contributed by atoms with van der Waals surface area (Å²) in [4.78, 5) is 11.8. The number of hydrogen-bond donors (Lipinski definition) is 0. The fourth-order valence-corrected chi connectivity index (χ4v) is 1.26. The number of ether oxygens (including phenoxy) is 1. The zero-order valence-corrected chi connectivity index (χ0v) is 10.8. The van der Waals surface area contributed by atoms with Crippen molar-refractivity contribution in [2.75, 3.05) is 6.61 Å². The van der Waals surface area contributed by atoms with Crippen molar-refractivity contribution in [1.29, 1.82) is 0 Å². The second-order valence-electron chi connectivity index (χ2n) is 4.78. The Morgan fingerprint density at radius 3 is 2.41 bits per heavy atom. The summed E-state index contributed by atoms with van der Waals surface area (Å²) in [5.74, 6) is -0.207. The molecule has 0 atom stereocenters. The summed E-state index contributed by atoms with van der Waals surface area (Å²) in [6.07, 6.45) is 0.749. The van der Waals surface area contributed by atoms with Gasteiger partial charge in [-0.1, -0.05) is 42.5 Å². The largest absolute Gasteiger partial charge is 0.465 e. The Kier molecular flexibility index (Phi) is 4.50. The first kappa shape index (κ1) is 13.5. The van der Waals surface area contributed by atoms with Crippen LogP contribution in [0, 0.1) is 5.41 Å². The fourth-order valence-electron chi connectivity index (χ4n) is 1.26. The highest BCUT2D eigenvalue weighted by Gasteiger charge is 2.29. The van der Waals surface area contributed by atoms with Crippen LogP contribution in [0.2, 0.25) is 0 Å². The van der Waals surface area contributed by atoms with Crippen molar-refractivity contribution >= 4 is 5.97 Å². The highest BCUT2D eigenvalue weighted by atomic mass is 16.5. The van der Waals surface area contributed by atoms with Crippen LogP contribution < -0.4 is 0 Å². The molecule has 92 valence electrons. The van der Waals surface area contributed by atoms with Crippen molar-refractivity contribution in [1.82, 2.24) is 0 Å². The minimum absolute atomic E-state index is 0.207. The first-order chi connectivity index (χ1) is 7.94. The lowest BCUT2D eigenvalue weighted by Crippen LogP contribution is -2.28. The Morgan fingerprint density at radius 1 is 1.29 bits per heavy atom. The third-order valence-corrected chi connectivity index (χ3v) is 3.04. The van der Waals surface area contributed by atoms with Gasteiger partial charge in [-0.3, -0.25) is 4.79 Å². The average molecular weight is 232 g/mol. The van der Waals surface area contributed by atoms with E-state index in [0.29, 0.717) is 6.61 Å². The second-order valence-corrected chi connectivity index (χ2v) is 4.78. The normalized spacial score (nSPS) is 11.0. The monoisotopic (exact) mass is 232 g/mol. The zero-order chi connectivity index (χ0) is 12.9. The summed E-state index contributed by atoms with van der Waals surface area (Å²) >= 11 is 0. The molecule has 0 aromatic heterocycles. The number of benzene rings is 1. The van der Waals surface area contributed by atoms with Crippen molar-refractivity contribution in [3.8, 4) is 0 Å². The van der Waals surface area contributed by atoms with Gasteiger partial charge in [0.15, 0.2) is 0 Å². The van der Waals surface area contributed by atoms with Gasteiger partial charge >= 0.3 is 5.97 Å². The van der Waals surface area contributed by atoms with Crippen molar-refractivity contribution in [3.63, 3.8) is 0 Å². The molecule has 0 saturated carbocycles. The maximum Gasteiger partial charge on any atom is 0.315 e. The Labute approximate surface area is 103 Å². The van der Waals surface area contributed by atoms with Crippen LogP contribution in [-0.4, -0.2) is 12.6 Å². The van der Waals surface area contributed by atoms with E-state index >= 15 is 0 Å². The predicted octanol–water partition coefficient (Wildman–Crippen LogP) is 3.37. The number of esters is 1. The quantitative estimate of drug-likeness (QED) is 0.574. The lowest BCUT2D eigenvalue weighted by Gasteiger charge is -2.22. The SMILES string of the molecule is C=C(C)C(C)(C)C(=O)OCCc1ccccc1. The van der Waals surface area contributed by atoms with E-state index in [4.69, 9.17) is 4.74 Å². The van der Waals surface area contributed by atoms with Crippen LogP contribution in [-0.2, 0) is 16.0 Å². The fraction of sp³-hybridized carbons (Fsp3) is 0.400. The van der Waals surface area contributed by atoms with Gasteiger partial charge in [0.2, 0.25) is 0 Å². The zero-order valence-electron chi connectivity index (χ0n) is 10.8. The third-order valence-electron chi connectivity index (χ3n) is 3.04. The van der Waals surface area contributed by atoms with Crippen LogP contribution in [0.5, 0.6) is 0 Å². The van der Waals surface area contributed by atoms with Gasteiger partial charge in [-0.2, -0.15) is 0 Å². The van der Waals surface area contributed by atoms with E-state index < -0.39 is 5.41 Å². The maximum absolute atomic E-state index is 11.8. The molecule has 0 bridgehead atoms. The summed E-state index contributed by atoms with van der Waals surface area (Å²) in [6.45, 7) is 9.74. The molecule has 0 N–H and O–H groups in total. The molecule has 0 heterocycles. The lowest BCUT2D eigenvalue weighted by atomic mass is 9.86. The molecule has 2 heteroatoms. The molecule has 1 aromatic rings. The number of rotatable bonds is 5. The molecule has 0 aliphatic rings. The van der Waals surface area contributed by atoms with Gasteiger partial charge in [-0.15, -0.1) is 0 Å². The molecular formula is C15H20O2. The van der Waals surface area contributed by atoms with Crippen LogP contribution in [0.1, 0.15) is 26.3 Å². The highest BCUT2D eigenvalue weighted by Crippen LogP contribution is 2.25. The van der Waals surface area contributed by atoms with E-state index in [9.17, 15) is 4.79 Å². The molecule has 0 aliphatic carbocycles. The molecule has 0 aliphatic heterocycles. The standard InChI is InChI=1S/C15H20O2/c1-12(2)15(3,4)14(16)17-11-10-13-8-6-5-7-9-13/h5-9H,1,10-11H2,2-4H3. The van der Waals surface area contributed by atoms with Crippen LogP contribution >= 0.6 is 0 Å². The minimum Gasteiger partial charge on any atom is -0.465 e. The van der Waals surface area contributed by atoms with E-state index in [1.54, 1.807) is 0 Å². The van der Waals surface area contributed by atoms with Crippen LogP contribution in [0.3, 0.4) is 0 Å². The molecule has 0 saturated heterocycles. The van der Waals surface area contributed by atoms with Gasteiger partial charge in [0.05, 0.1) is 12.0 Å². The smallest absolute Gasteiger partial charge is 0.315 e. The Morgan fingerprint density at radius 2 is 1.88 bits per heavy atom. The van der Waals surface area contributed by atoms with Crippen LogP contribution in [0.4, 0.5) is 0 Å². The van der Waals surface area contributed by atoms with Gasteiger partial charge < -0.3 is 4.74 Å². The summed E-state index contributed by atoms with van der Waals surface area (Å²) in [5, 5.41) is 0. The van der Waals surface area contributed by atoms with Crippen molar-refractivity contribution in [3.05, 3.63) is 48.0 Å². The summed E-state index contributed by atoms with van der Waals surface area (Å²) < 4.78 is 5.27. The molecular weight excluding hydrogens is 212 g/mol. The Balaban J connectivity index is 2.42. The van der Waals surface area contributed by atoms with E-state index in [1.165, 1.54) is 5.56 Å². The molecule has 0 spiro atoms. The molecule has 0 amide bonds. The molecule has 0 unspecified atom stereocenters. The summed E-state index contributed by atoms with van der Waals surface area (Å²) in [7, 11) is 0. The van der Waals surface area contributed by atoms with Gasteiger partial charge in [-0.05, 0) is 26.3 Å². The highest BCUT2D eigenvalue weighted by molar-refractivity contribution is 5.79. The molecule has 2 nitrogen and oxygen atoms in total.